The van der Waals surface area contributed by atoms with Gasteiger partial charge in [0.15, 0.2) is 5.96 Å². The van der Waals surface area contributed by atoms with Gasteiger partial charge in [-0.15, -0.1) is 24.0 Å². The van der Waals surface area contributed by atoms with E-state index in [0.717, 1.165) is 70.2 Å². The van der Waals surface area contributed by atoms with Crippen molar-refractivity contribution in [1.82, 2.24) is 10.2 Å². The second kappa shape index (κ2) is 11.7. The molecule has 1 aromatic carbocycles. The maximum Gasteiger partial charge on any atom is 0.193 e. The Bertz CT molecular complexity index is 567. The Kier molecular flexibility index (Phi) is 9.64. The second-order valence-electron chi connectivity index (χ2n) is 6.88. The van der Waals surface area contributed by atoms with Crippen LogP contribution in [0.3, 0.4) is 0 Å². The molecule has 1 saturated heterocycles. The zero-order valence-corrected chi connectivity index (χ0v) is 18.7. The third-order valence-corrected chi connectivity index (χ3v) is 5.00. The Hall–Kier alpha value is -1.06. The maximum absolute atomic E-state index is 6.00. The summed E-state index contributed by atoms with van der Waals surface area (Å²) in [6.07, 6.45) is 4.53. The summed E-state index contributed by atoms with van der Waals surface area (Å²) in [5.74, 6) is 1.98. The molecule has 2 aliphatic rings. The minimum atomic E-state index is 0. The van der Waals surface area contributed by atoms with Crippen LogP contribution in [0.5, 0.6) is 5.75 Å². The highest BCUT2D eigenvalue weighted by Crippen LogP contribution is 2.27. The van der Waals surface area contributed by atoms with Crippen LogP contribution in [0.1, 0.15) is 24.8 Å². The Balaban J connectivity index is 0.00000261. The molecule has 1 aromatic rings. The van der Waals surface area contributed by atoms with Crippen LogP contribution in [0.2, 0.25) is 0 Å². The zero-order valence-electron chi connectivity index (χ0n) is 16.4. The number of ether oxygens (including phenoxy) is 3. The fraction of sp³-hybridized carbons (Fsp3) is 0.650. The smallest absolute Gasteiger partial charge is 0.193 e. The van der Waals surface area contributed by atoms with E-state index in [4.69, 9.17) is 14.2 Å². The number of nitrogens with zero attached hydrogens (tertiary/aromatic N) is 2. The van der Waals surface area contributed by atoms with E-state index in [0.29, 0.717) is 6.10 Å². The van der Waals surface area contributed by atoms with Crippen LogP contribution in [0.25, 0.3) is 0 Å². The van der Waals surface area contributed by atoms with Gasteiger partial charge in [-0.25, -0.2) is 0 Å². The molecule has 2 heterocycles. The van der Waals surface area contributed by atoms with Gasteiger partial charge < -0.3 is 24.4 Å². The Morgan fingerprint density at radius 1 is 1.26 bits per heavy atom. The summed E-state index contributed by atoms with van der Waals surface area (Å²) < 4.78 is 17.0. The maximum atomic E-state index is 6.00. The number of piperidine rings is 1. The van der Waals surface area contributed by atoms with Crippen molar-refractivity contribution in [1.29, 1.82) is 0 Å². The SMILES string of the molecule is CN=C(NCC1Cc2ccccc2O1)N1CCC(OCCCOC)CC1.I. The van der Waals surface area contributed by atoms with Crippen LogP contribution in [-0.2, 0) is 15.9 Å². The number of rotatable bonds is 7. The van der Waals surface area contributed by atoms with Gasteiger partial charge >= 0.3 is 0 Å². The first-order chi connectivity index (χ1) is 12.8. The van der Waals surface area contributed by atoms with Crippen molar-refractivity contribution in [2.75, 3.05) is 47.0 Å². The molecule has 1 atom stereocenters. The quantitative estimate of drug-likeness (QED) is 0.276. The van der Waals surface area contributed by atoms with Crippen LogP contribution in [0, 0.1) is 0 Å². The average Bonchev–Trinajstić information content (AvgIpc) is 3.10. The van der Waals surface area contributed by atoms with Crippen molar-refractivity contribution in [3.63, 3.8) is 0 Å². The molecule has 1 fully saturated rings. The van der Waals surface area contributed by atoms with Crippen LogP contribution >= 0.6 is 24.0 Å². The van der Waals surface area contributed by atoms with Gasteiger partial charge in [0.2, 0.25) is 0 Å². The van der Waals surface area contributed by atoms with Gasteiger partial charge in [-0.1, -0.05) is 18.2 Å². The molecule has 152 valence electrons. The first-order valence-corrected chi connectivity index (χ1v) is 9.61. The molecule has 7 heteroatoms. The first kappa shape index (κ1) is 22.2. The molecule has 27 heavy (non-hydrogen) atoms. The third-order valence-electron chi connectivity index (χ3n) is 5.00. The van der Waals surface area contributed by atoms with E-state index in [1.54, 1.807) is 7.11 Å². The molecule has 0 bridgehead atoms. The van der Waals surface area contributed by atoms with Crippen molar-refractivity contribution >= 4 is 29.9 Å². The number of fused-ring (bicyclic) bond motifs is 1. The summed E-state index contributed by atoms with van der Waals surface area (Å²) in [7, 11) is 3.58. The van der Waals surface area contributed by atoms with E-state index in [2.05, 4.69) is 27.3 Å². The topological polar surface area (TPSA) is 55.3 Å². The van der Waals surface area contributed by atoms with Crippen molar-refractivity contribution in [3.05, 3.63) is 29.8 Å². The number of benzene rings is 1. The highest BCUT2D eigenvalue weighted by Gasteiger charge is 2.25. The molecule has 0 saturated carbocycles. The average molecular weight is 489 g/mol. The lowest BCUT2D eigenvalue weighted by molar-refractivity contribution is 0.00984. The Morgan fingerprint density at radius 3 is 2.74 bits per heavy atom. The molecule has 0 aliphatic carbocycles. The molecule has 6 nitrogen and oxygen atoms in total. The van der Waals surface area contributed by atoms with E-state index < -0.39 is 0 Å². The number of methoxy groups -OCH3 is 1. The lowest BCUT2D eigenvalue weighted by Crippen LogP contribution is -2.49. The first-order valence-electron chi connectivity index (χ1n) is 9.61. The predicted molar refractivity (Wildman–Crippen MR) is 118 cm³/mol. The third kappa shape index (κ3) is 6.50. The number of hydrogen-bond donors (Lipinski definition) is 1. The Morgan fingerprint density at radius 2 is 2.04 bits per heavy atom. The molecule has 3 rings (SSSR count). The lowest BCUT2D eigenvalue weighted by atomic mass is 10.1. The summed E-state index contributed by atoms with van der Waals surface area (Å²) in [6.45, 7) is 4.27. The fourth-order valence-corrected chi connectivity index (χ4v) is 3.59. The highest BCUT2D eigenvalue weighted by atomic mass is 127. The number of aliphatic imine (C=N–C) groups is 1. The summed E-state index contributed by atoms with van der Waals surface area (Å²) in [5.41, 5.74) is 1.29. The van der Waals surface area contributed by atoms with Crippen molar-refractivity contribution in [2.45, 2.75) is 37.9 Å². The largest absolute Gasteiger partial charge is 0.488 e. The van der Waals surface area contributed by atoms with Crippen LogP contribution in [0.4, 0.5) is 0 Å². The van der Waals surface area contributed by atoms with Gasteiger partial charge in [-0.05, 0) is 30.9 Å². The molecule has 2 aliphatic heterocycles. The van der Waals surface area contributed by atoms with E-state index in [1.165, 1.54) is 5.56 Å². The van der Waals surface area contributed by atoms with E-state index in [1.807, 2.05) is 19.2 Å². The van der Waals surface area contributed by atoms with Gasteiger partial charge in [0.05, 0.1) is 12.6 Å². The summed E-state index contributed by atoms with van der Waals surface area (Å²) in [4.78, 5) is 6.77. The number of hydrogen-bond acceptors (Lipinski definition) is 4. The number of likely N-dealkylation sites (tertiary alicyclic amines) is 1. The van der Waals surface area contributed by atoms with Crippen LogP contribution < -0.4 is 10.1 Å². The van der Waals surface area contributed by atoms with Gasteiger partial charge in [-0.3, -0.25) is 4.99 Å². The van der Waals surface area contributed by atoms with Gasteiger partial charge in [-0.2, -0.15) is 0 Å². The van der Waals surface area contributed by atoms with Gasteiger partial charge in [0.25, 0.3) is 0 Å². The molecule has 0 spiro atoms. The van der Waals surface area contributed by atoms with E-state index in [-0.39, 0.29) is 30.1 Å². The number of para-hydroxylation sites is 1. The standard InChI is InChI=1S/C20H31N3O3.HI/c1-21-20(22-15-18-14-16-6-3-4-7-19(16)26-18)23-10-8-17(9-11-23)25-13-5-12-24-2;/h3-4,6-7,17-18H,5,8-15H2,1-2H3,(H,21,22);1H. The van der Waals surface area contributed by atoms with Crippen LogP contribution in [0.15, 0.2) is 29.3 Å². The lowest BCUT2D eigenvalue weighted by Gasteiger charge is -2.34. The normalized spacial score (nSPS) is 20.0. The monoisotopic (exact) mass is 489 g/mol. The summed E-state index contributed by atoms with van der Waals surface area (Å²) in [5, 5.41) is 3.48. The molecule has 1 unspecified atom stereocenters. The number of nitrogens with one attached hydrogen (secondary N) is 1. The number of halogens is 1. The van der Waals surface area contributed by atoms with Gasteiger partial charge in [0.1, 0.15) is 11.9 Å². The minimum Gasteiger partial charge on any atom is -0.488 e. The molecule has 1 N–H and O–H groups in total. The van der Waals surface area contributed by atoms with Crippen molar-refractivity contribution < 1.29 is 14.2 Å². The zero-order chi connectivity index (χ0) is 18.2. The fourth-order valence-electron chi connectivity index (χ4n) is 3.59. The summed E-state index contributed by atoms with van der Waals surface area (Å²) >= 11 is 0. The van der Waals surface area contributed by atoms with Crippen LogP contribution in [-0.4, -0.2) is 70.1 Å². The number of guanidine groups is 1. The second-order valence-corrected chi connectivity index (χ2v) is 6.88. The summed E-state index contributed by atoms with van der Waals surface area (Å²) in [6, 6.07) is 8.27. The molecular formula is C20H32IN3O3. The van der Waals surface area contributed by atoms with Crippen molar-refractivity contribution in [2.24, 2.45) is 4.99 Å². The Labute approximate surface area is 179 Å². The predicted octanol–water partition coefficient (Wildman–Crippen LogP) is 2.70. The van der Waals surface area contributed by atoms with E-state index >= 15 is 0 Å². The molecule has 0 radical (unpaired) electrons. The van der Waals surface area contributed by atoms with Crippen molar-refractivity contribution in [3.8, 4) is 5.75 Å². The van der Waals surface area contributed by atoms with E-state index in [9.17, 15) is 0 Å². The molecular weight excluding hydrogens is 457 g/mol. The molecule has 0 aromatic heterocycles. The molecule has 0 amide bonds. The highest BCUT2D eigenvalue weighted by molar-refractivity contribution is 14.0. The minimum absolute atomic E-state index is 0. The van der Waals surface area contributed by atoms with Gasteiger partial charge in [0, 0.05) is 46.9 Å².